The van der Waals surface area contributed by atoms with Gasteiger partial charge in [-0.2, -0.15) is 0 Å². The number of anilines is 2. The number of hydrogen-bond acceptors (Lipinski definition) is 2. The van der Waals surface area contributed by atoms with Crippen LogP contribution in [0.2, 0.25) is 10.0 Å². The molecular weight excluding hydrogens is 283 g/mol. The highest BCUT2D eigenvalue weighted by Crippen LogP contribution is 2.25. The topological polar surface area (TPSA) is 41.1 Å². The van der Waals surface area contributed by atoms with Crippen molar-refractivity contribution in [2.45, 2.75) is 0 Å². The summed E-state index contributed by atoms with van der Waals surface area (Å²) in [6, 6.07) is 12.1. The molecule has 2 rings (SSSR count). The van der Waals surface area contributed by atoms with E-state index in [2.05, 4.69) is 10.6 Å². The van der Waals surface area contributed by atoms with Gasteiger partial charge in [0.25, 0.3) is 5.91 Å². The number of amides is 1. The SMILES string of the molecule is CNc1ccc(C(=O)Nc2ccc(Cl)cc2Cl)cc1. The van der Waals surface area contributed by atoms with Gasteiger partial charge in [-0.15, -0.1) is 0 Å². The van der Waals surface area contributed by atoms with E-state index in [1.807, 2.05) is 19.2 Å². The van der Waals surface area contributed by atoms with Gasteiger partial charge >= 0.3 is 0 Å². The zero-order valence-electron chi connectivity index (χ0n) is 10.2. The maximum atomic E-state index is 12.0. The van der Waals surface area contributed by atoms with E-state index in [1.165, 1.54) is 0 Å². The Balaban J connectivity index is 2.15. The molecule has 0 bridgehead atoms. The summed E-state index contributed by atoms with van der Waals surface area (Å²) < 4.78 is 0. The predicted octanol–water partition coefficient (Wildman–Crippen LogP) is 4.29. The van der Waals surface area contributed by atoms with Crippen molar-refractivity contribution in [3.63, 3.8) is 0 Å². The minimum Gasteiger partial charge on any atom is -0.388 e. The van der Waals surface area contributed by atoms with E-state index in [1.54, 1.807) is 30.3 Å². The summed E-state index contributed by atoms with van der Waals surface area (Å²) in [4.78, 5) is 12.0. The summed E-state index contributed by atoms with van der Waals surface area (Å²) in [5.41, 5.74) is 2.04. The van der Waals surface area contributed by atoms with Crippen LogP contribution in [0.5, 0.6) is 0 Å². The van der Waals surface area contributed by atoms with Crippen molar-refractivity contribution >= 4 is 40.5 Å². The standard InChI is InChI=1S/C14H12Cl2N2O/c1-17-11-5-2-9(3-6-11)14(19)18-13-7-4-10(15)8-12(13)16/h2-8,17H,1H3,(H,18,19). The van der Waals surface area contributed by atoms with Crippen LogP contribution < -0.4 is 10.6 Å². The lowest BCUT2D eigenvalue weighted by molar-refractivity contribution is 0.102. The van der Waals surface area contributed by atoms with Crippen molar-refractivity contribution in [1.29, 1.82) is 0 Å². The molecule has 19 heavy (non-hydrogen) atoms. The highest BCUT2D eigenvalue weighted by atomic mass is 35.5. The Morgan fingerprint density at radius 1 is 1.05 bits per heavy atom. The number of benzene rings is 2. The van der Waals surface area contributed by atoms with E-state index >= 15 is 0 Å². The Kier molecular flexibility index (Phi) is 4.30. The average Bonchev–Trinajstić information content (AvgIpc) is 2.42. The van der Waals surface area contributed by atoms with Crippen molar-refractivity contribution < 1.29 is 4.79 Å². The molecule has 0 aliphatic heterocycles. The first-order valence-corrected chi connectivity index (χ1v) is 6.40. The zero-order valence-corrected chi connectivity index (χ0v) is 11.7. The summed E-state index contributed by atoms with van der Waals surface area (Å²) in [6.07, 6.45) is 0. The van der Waals surface area contributed by atoms with Gasteiger partial charge in [-0.3, -0.25) is 4.79 Å². The molecule has 0 radical (unpaired) electrons. The molecule has 0 heterocycles. The van der Waals surface area contributed by atoms with Crippen LogP contribution in [-0.4, -0.2) is 13.0 Å². The monoisotopic (exact) mass is 294 g/mol. The number of nitrogens with one attached hydrogen (secondary N) is 2. The second kappa shape index (κ2) is 5.95. The third-order valence-electron chi connectivity index (χ3n) is 2.62. The van der Waals surface area contributed by atoms with Crippen molar-refractivity contribution in [2.24, 2.45) is 0 Å². The molecule has 0 aliphatic carbocycles. The lowest BCUT2D eigenvalue weighted by atomic mass is 10.2. The normalized spacial score (nSPS) is 10.1. The van der Waals surface area contributed by atoms with Crippen LogP contribution >= 0.6 is 23.2 Å². The van der Waals surface area contributed by atoms with Crippen LogP contribution in [0, 0.1) is 0 Å². The van der Waals surface area contributed by atoms with Gasteiger partial charge in [0.05, 0.1) is 10.7 Å². The fraction of sp³-hybridized carbons (Fsp3) is 0.0714. The van der Waals surface area contributed by atoms with Crippen molar-refractivity contribution in [2.75, 3.05) is 17.7 Å². The van der Waals surface area contributed by atoms with Gasteiger partial charge in [0, 0.05) is 23.3 Å². The highest BCUT2D eigenvalue weighted by Gasteiger charge is 2.08. The predicted molar refractivity (Wildman–Crippen MR) is 80.4 cm³/mol. The second-order valence-electron chi connectivity index (χ2n) is 3.91. The first kappa shape index (κ1) is 13.7. The van der Waals surface area contributed by atoms with Gasteiger partial charge in [-0.05, 0) is 42.5 Å². The molecular formula is C14H12Cl2N2O. The minimum absolute atomic E-state index is 0.216. The van der Waals surface area contributed by atoms with E-state index in [9.17, 15) is 4.79 Å². The summed E-state index contributed by atoms with van der Waals surface area (Å²) >= 11 is 11.8. The molecule has 2 N–H and O–H groups in total. The fourth-order valence-corrected chi connectivity index (χ4v) is 2.03. The molecule has 1 amide bonds. The fourth-order valence-electron chi connectivity index (χ4n) is 1.57. The molecule has 2 aromatic rings. The van der Waals surface area contributed by atoms with E-state index < -0.39 is 0 Å². The summed E-state index contributed by atoms with van der Waals surface area (Å²) in [5.74, 6) is -0.216. The van der Waals surface area contributed by atoms with Crippen molar-refractivity contribution in [3.05, 3.63) is 58.1 Å². The Labute approximate surface area is 121 Å². The Morgan fingerprint density at radius 3 is 2.32 bits per heavy atom. The second-order valence-corrected chi connectivity index (χ2v) is 4.75. The summed E-state index contributed by atoms with van der Waals surface area (Å²) in [6.45, 7) is 0. The van der Waals surface area contributed by atoms with Crippen LogP contribution in [0.3, 0.4) is 0 Å². The van der Waals surface area contributed by atoms with Gasteiger partial charge in [0.2, 0.25) is 0 Å². The van der Waals surface area contributed by atoms with E-state index in [4.69, 9.17) is 23.2 Å². The van der Waals surface area contributed by atoms with Crippen LogP contribution in [0.15, 0.2) is 42.5 Å². The summed E-state index contributed by atoms with van der Waals surface area (Å²) in [7, 11) is 1.82. The molecule has 0 aromatic heterocycles. The van der Waals surface area contributed by atoms with Crippen molar-refractivity contribution in [1.82, 2.24) is 0 Å². The molecule has 0 atom stereocenters. The maximum absolute atomic E-state index is 12.0. The first-order chi connectivity index (χ1) is 9.10. The van der Waals surface area contributed by atoms with Gasteiger partial charge in [-0.1, -0.05) is 23.2 Å². The first-order valence-electron chi connectivity index (χ1n) is 5.64. The number of carbonyl (C=O) groups excluding carboxylic acids is 1. The molecule has 0 unspecified atom stereocenters. The quantitative estimate of drug-likeness (QED) is 0.887. The largest absolute Gasteiger partial charge is 0.388 e. The van der Waals surface area contributed by atoms with Gasteiger partial charge in [-0.25, -0.2) is 0 Å². The zero-order chi connectivity index (χ0) is 13.8. The number of hydrogen-bond donors (Lipinski definition) is 2. The molecule has 0 saturated heterocycles. The molecule has 5 heteroatoms. The smallest absolute Gasteiger partial charge is 0.255 e. The number of halogens is 2. The molecule has 0 saturated carbocycles. The highest BCUT2D eigenvalue weighted by molar-refractivity contribution is 6.36. The number of carbonyl (C=O) groups is 1. The Morgan fingerprint density at radius 2 is 1.74 bits per heavy atom. The van der Waals surface area contributed by atoms with Gasteiger partial charge in [0.1, 0.15) is 0 Å². The molecule has 2 aromatic carbocycles. The van der Waals surface area contributed by atoms with E-state index in [0.717, 1.165) is 5.69 Å². The lowest BCUT2D eigenvalue weighted by Gasteiger charge is -2.08. The molecule has 0 fully saturated rings. The molecule has 3 nitrogen and oxygen atoms in total. The maximum Gasteiger partial charge on any atom is 0.255 e. The molecule has 0 aliphatic rings. The van der Waals surface area contributed by atoms with E-state index in [-0.39, 0.29) is 5.91 Å². The van der Waals surface area contributed by atoms with Crippen molar-refractivity contribution in [3.8, 4) is 0 Å². The van der Waals surface area contributed by atoms with Crippen LogP contribution in [-0.2, 0) is 0 Å². The van der Waals surface area contributed by atoms with E-state index in [0.29, 0.717) is 21.3 Å². The molecule has 0 spiro atoms. The third kappa shape index (κ3) is 3.40. The number of rotatable bonds is 3. The molecule has 98 valence electrons. The van der Waals surface area contributed by atoms with Gasteiger partial charge < -0.3 is 10.6 Å². The summed E-state index contributed by atoms with van der Waals surface area (Å²) in [5, 5.41) is 6.67. The Hall–Kier alpha value is -1.71. The van der Waals surface area contributed by atoms with Gasteiger partial charge in [0.15, 0.2) is 0 Å². The minimum atomic E-state index is -0.216. The Bertz CT molecular complexity index is 597. The van der Waals surface area contributed by atoms with Crippen LogP contribution in [0.25, 0.3) is 0 Å². The van der Waals surface area contributed by atoms with Crippen LogP contribution in [0.4, 0.5) is 11.4 Å². The lowest BCUT2D eigenvalue weighted by Crippen LogP contribution is -2.12. The third-order valence-corrected chi connectivity index (χ3v) is 3.16. The van der Waals surface area contributed by atoms with Crippen LogP contribution in [0.1, 0.15) is 10.4 Å². The average molecular weight is 295 g/mol.